The summed E-state index contributed by atoms with van der Waals surface area (Å²) in [5, 5.41) is 33.2. The quantitative estimate of drug-likeness (QED) is 0.882. The van der Waals surface area contributed by atoms with Gasteiger partial charge in [-0.05, 0) is 25.1 Å². The first-order valence-electron chi connectivity index (χ1n) is 5.92. The zero-order valence-corrected chi connectivity index (χ0v) is 11.0. The van der Waals surface area contributed by atoms with Crippen LogP contribution in [-0.4, -0.2) is 21.3 Å². The number of ether oxygens (including phenoxy) is 1. The lowest BCUT2D eigenvalue weighted by Crippen LogP contribution is -2.02. The number of hydrogen-bond donors (Lipinski definition) is 2. The lowest BCUT2D eigenvalue weighted by Gasteiger charge is -2.07. The van der Waals surface area contributed by atoms with E-state index in [1.807, 2.05) is 12.1 Å². The third kappa shape index (κ3) is 3.17. The number of nitrogens with one attached hydrogen (secondary N) is 1. The van der Waals surface area contributed by atoms with Crippen LogP contribution in [-0.2, 0) is 11.2 Å². The second-order valence-electron chi connectivity index (χ2n) is 4.26. The Bertz CT molecular complexity index is 748. The van der Waals surface area contributed by atoms with Crippen molar-refractivity contribution in [3.63, 3.8) is 0 Å². The molecule has 2 aromatic rings. The van der Waals surface area contributed by atoms with Crippen molar-refractivity contribution in [1.29, 1.82) is 10.5 Å². The zero-order valence-electron chi connectivity index (χ0n) is 11.0. The van der Waals surface area contributed by atoms with Crippen LogP contribution in [0.15, 0.2) is 18.2 Å². The predicted molar refractivity (Wildman–Crippen MR) is 70.6 cm³/mol. The van der Waals surface area contributed by atoms with Crippen LogP contribution in [0, 0.1) is 29.6 Å². The van der Waals surface area contributed by atoms with Gasteiger partial charge in [0.2, 0.25) is 0 Å². The van der Waals surface area contributed by atoms with Crippen molar-refractivity contribution >= 4 is 5.97 Å². The number of aromatic amines is 1. The van der Waals surface area contributed by atoms with E-state index in [0.717, 1.165) is 0 Å². The second kappa shape index (κ2) is 5.76. The molecule has 1 heterocycles. The molecule has 2 rings (SSSR count). The Hall–Kier alpha value is -3.32. The molecule has 0 atom stereocenters. The summed E-state index contributed by atoms with van der Waals surface area (Å²) in [4.78, 5) is 10.8. The highest BCUT2D eigenvalue weighted by Crippen LogP contribution is 2.29. The normalized spacial score (nSPS) is 9.67. The summed E-state index contributed by atoms with van der Waals surface area (Å²) in [7, 11) is 0. The van der Waals surface area contributed by atoms with E-state index in [0.29, 0.717) is 11.4 Å². The van der Waals surface area contributed by atoms with Crippen molar-refractivity contribution in [3.8, 4) is 23.6 Å². The van der Waals surface area contributed by atoms with Crippen LogP contribution >= 0.6 is 0 Å². The van der Waals surface area contributed by atoms with Gasteiger partial charge in [0, 0.05) is 0 Å². The first-order chi connectivity index (χ1) is 10.0. The molecule has 0 amide bonds. The van der Waals surface area contributed by atoms with Gasteiger partial charge in [0.1, 0.15) is 11.4 Å². The highest BCUT2D eigenvalue weighted by molar-refractivity contribution is 5.70. The molecule has 0 spiro atoms. The predicted octanol–water partition coefficient (Wildman–Crippen LogP) is 1.88. The van der Waals surface area contributed by atoms with E-state index in [1.54, 1.807) is 6.92 Å². The molecule has 0 aliphatic heterocycles. The maximum Gasteiger partial charge on any atom is 0.309 e. The van der Waals surface area contributed by atoms with Gasteiger partial charge >= 0.3 is 5.97 Å². The molecule has 0 unspecified atom stereocenters. The Morgan fingerprint density at radius 1 is 1.33 bits per heavy atom. The minimum absolute atomic E-state index is 0.265. The molecule has 21 heavy (non-hydrogen) atoms. The van der Waals surface area contributed by atoms with Gasteiger partial charge < -0.3 is 9.84 Å². The number of aliphatic carboxylic acids is 1. The molecule has 0 aliphatic carbocycles. The van der Waals surface area contributed by atoms with Gasteiger partial charge in [0.15, 0.2) is 5.75 Å². The van der Waals surface area contributed by atoms with Crippen molar-refractivity contribution in [1.82, 2.24) is 10.2 Å². The maximum atomic E-state index is 10.8. The van der Waals surface area contributed by atoms with Crippen molar-refractivity contribution in [2.75, 3.05) is 0 Å². The fourth-order valence-electron chi connectivity index (χ4n) is 1.78. The zero-order chi connectivity index (χ0) is 15.4. The van der Waals surface area contributed by atoms with Gasteiger partial charge in [0.25, 0.3) is 0 Å². The lowest BCUT2D eigenvalue weighted by atomic mass is 10.1. The van der Waals surface area contributed by atoms with Gasteiger partial charge in [0.05, 0.1) is 35.4 Å². The summed E-state index contributed by atoms with van der Waals surface area (Å²) in [6.07, 6.45) is -0.265. The molecule has 0 fully saturated rings. The van der Waals surface area contributed by atoms with Crippen LogP contribution in [0.5, 0.6) is 11.5 Å². The van der Waals surface area contributed by atoms with E-state index in [4.69, 9.17) is 20.4 Å². The van der Waals surface area contributed by atoms with Gasteiger partial charge in [-0.25, -0.2) is 0 Å². The Balaban J connectivity index is 2.39. The van der Waals surface area contributed by atoms with Crippen LogP contribution in [0.3, 0.4) is 0 Å². The third-order valence-electron chi connectivity index (χ3n) is 2.67. The van der Waals surface area contributed by atoms with Gasteiger partial charge in [-0.15, -0.1) is 0 Å². The fourth-order valence-corrected chi connectivity index (χ4v) is 1.78. The van der Waals surface area contributed by atoms with Crippen LogP contribution in [0.2, 0.25) is 0 Å². The largest absolute Gasteiger partial charge is 0.481 e. The SMILES string of the molecule is Cc1n[nH]c(CC(=O)O)c1Oc1cc(C#N)cc(C#N)c1. The summed E-state index contributed by atoms with van der Waals surface area (Å²) in [6, 6.07) is 8.25. The monoisotopic (exact) mass is 282 g/mol. The number of nitriles is 2. The van der Waals surface area contributed by atoms with Crippen molar-refractivity contribution in [3.05, 3.63) is 40.7 Å². The first kappa shape index (κ1) is 14.1. The molecule has 0 aliphatic rings. The van der Waals surface area contributed by atoms with Gasteiger partial charge in [-0.1, -0.05) is 0 Å². The van der Waals surface area contributed by atoms with Crippen LogP contribution < -0.4 is 4.74 Å². The summed E-state index contributed by atoms with van der Waals surface area (Å²) >= 11 is 0. The number of H-pyrrole nitrogens is 1. The summed E-state index contributed by atoms with van der Waals surface area (Å²) in [6.45, 7) is 1.66. The number of rotatable bonds is 4. The molecule has 1 aromatic carbocycles. The summed E-state index contributed by atoms with van der Waals surface area (Å²) < 4.78 is 5.61. The van der Waals surface area contributed by atoms with E-state index in [2.05, 4.69) is 10.2 Å². The Labute approximate surface area is 120 Å². The van der Waals surface area contributed by atoms with Gasteiger partial charge in [-0.3, -0.25) is 9.89 Å². The molecular weight excluding hydrogens is 272 g/mol. The van der Waals surface area contributed by atoms with Gasteiger partial charge in [-0.2, -0.15) is 15.6 Å². The minimum Gasteiger partial charge on any atom is -0.481 e. The Morgan fingerprint density at radius 3 is 2.48 bits per heavy atom. The topological polar surface area (TPSA) is 123 Å². The van der Waals surface area contributed by atoms with Crippen LogP contribution in [0.25, 0.3) is 0 Å². The maximum absolute atomic E-state index is 10.8. The van der Waals surface area contributed by atoms with Crippen LogP contribution in [0.4, 0.5) is 0 Å². The van der Waals surface area contributed by atoms with E-state index in [9.17, 15) is 4.79 Å². The first-order valence-corrected chi connectivity index (χ1v) is 5.92. The number of benzene rings is 1. The van der Waals surface area contributed by atoms with Crippen molar-refractivity contribution in [2.45, 2.75) is 13.3 Å². The van der Waals surface area contributed by atoms with E-state index in [1.165, 1.54) is 18.2 Å². The number of hydrogen-bond acceptors (Lipinski definition) is 5. The molecule has 0 bridgehead atoms. The molecule has 2 N–H and O–H groups in total. The third-order valence-corrected chi connectivity index (χ3v) is 2.67. The summed E-state index contributed by atoms with van der Waals surface area (Å²) in [5.74, 6) is -0.454. The second-order valence-corrected chi connectivity index (χ2v) is 4.26. The smallest absolute Gasteiger partial charge is 0.309 e. The molecule has 7 heteroatoms. The molecule has 104 valence electrons. The van der Waals surface area contributed by atoms with Crippen molar-refractivity contribution in [2.24, 2.45) is 0 Å². The molecule has 0 saturated carbocycles. The molecule has 1 aromatic heterocycles. The average molecular weight is 282 g/mol. The molecular formula is C14H10N4O3. The Morgan fingerprint density at radius 2 is 1.95 bits per heavy atom. The van der Waals surface area contributed by atoms with E-state index >= 15 is 0 Å². The number of carbonyl (C=O) groups is 1. The standard InChI is InChI=1S/C14H10N4O3/c1-8-14(12(18-17-8)5-13(19)20)21-11-3-9(6-15)2-10(4-11)7-16/h2-4H,5H2,1H3,(H,17,18)(H,19,20). The van der Waals surface area contributed by atoms with Crippen molar-refractivity contribution < 1.29 is 14.6 Å². The molecule has 0 saturated heterocycles. The number of carboxylic acids is 1. The molecule has 7 nitrogen and oxygen atoms in total. The number of carboxylic acid groups (broad SMARTS) is 1. The lowest BCUT2D eigenvalue weighted by molar-refractivity contribution is -0.136. The minimum atomic E-state index is -1.02. The molecule has 0 radical (unpaired) electrons. The van der Waals surface area contributed by atoms with E-state index < -0.39 is 5.97 Å². The number of aromatic nitrogens is 2. The highest BCUT2D eigenvalue weighted by Gasteiger charge is 2.16. The Kier molecular flexibility index (Phi) is 3.87. The number of aryl methyl sites for hydroxylation is 1. The number of nitrogens with zero attached hydrogens (tertiary/aromatic N) is 3. The van der Waals surface area contributed by atoms with E-state index in [-0.39, 0.29) is 29.0 Å². The van der Waals surface area contributed by atoms with Crippen LogP contribution in [0.1, 0.15) is 22.5 Å². The fraction of sp³-hybridized carbons (Fsp3) is 0.143. The summed E-state index contributed by atoms with van der Waals surface area (Å²) in [5.41, 5.74) is 1.38. The highest BCUT2D eigenvalue weighted by atomic mass is 16.5. The average Bonchev–Trinajstić information content (AvgIpc) is 2.79.